The van der Waals surface area contributed by atoms with Gasteiger partial charge < -0.3 is 34.5 Å². The first-order valence-electron chi connectivity index (χ1n) is 15.2. The van der Waals surface area contributed by atoms with Crippen LogP contribution >= 0.6 is 12.2 Å². The van der Waals surface area contributed by atoms with Crippen LogP contribution in [0.5, 0.6) is 0 Å². The van der Waals surface area contributed by atoms with Crippen molar-refractivity contribution in [3.63, 3.8) is 0 Å². The molecule has 2 atom stereocenters. The zero-order valence-electron chi connectivity index (χ0n) is 24.4. The van der Waals surface area contributed by atoms with E-state index in [1.54, 1.807) is 6.07 Å². The zero-order chi connectivity index (χ0) is 29.6. The van der Waals surface area contributed by atoms with Crippen LogP contribution in [-0.2, 0) is 16.0 Å². The van der Waals surface area contributed by atoms with E-state index in [0.29, 0.717) is 55.7 Å². The van der Waals surface area contributed by atoms with Gasteiger partial charge in [0, 0.05) is 74.5 Å². The fourth-order valence-electron chi connectivity index (χ4n) is 7.08. The third-order valence-electron chi connectivity index (χ3n) is 9.25. The van der Waals surface area contributed by atoms with Crippen molar-refractivity contribution in [2.24, 2.45) is 5.92 Å². The molecule has 0 unspecified atom stereocenters. The fourth-order valence-corrected chi connectivity index (χ4v) is 7.31. The van der Waals surface area contributed by atoms with Gasteiger partial charge in [-0.3, -0.25) is 9.59 Å². The number of amides is 1. The minimum Gasteiger partial charge on any atom is -0.369 e. The van der Waals surface area contributed by atoms with Gasteiger partial charge >= 0.3 is 0 Å². The van der Waals surface area contributed by atoms with E-state index in [4.69, 9.17) is 21.7 Å². The lowest BCUT2D eigenvalue weighted by Gasteiger charge is -2.44. The highest BCUT2D eigenvalue weighted by Crippen LogP contribution is 2.40. The molecule has 0 aliphatic carbocycles. The average molecular weight is 600 g/mol. The number of pyridine rings is 1. The molecule has 3 fully saturated rings. The summed E-state index contributed by atoms with van der Waals surface area (Å²) in [6, 6.07) is 19.6. The molecule has 43 heavy (non-hydrogen) atoms. The number of hydrogen-bond acceptors (Lipinski definition) is 6. The molecular formula is C33H37N5O4S. The quantitative estimate of drug-likeness (QED) is 0.422. The number of anilines is 3. The van der Waals surface area contributed by atoms with Crippen molar-refractivity contribution in [1.29, 1.82) is 0 Å². The fraction of sp³-hybridized carbons (Fsp3) is 0.424. The summed E-state index contributed by atoms with van der Waals surface area (Å²) in [5, 5.41) is 7.16. The van der Waals surface area contributed by atoms with E-state index in [2.05, 4.69) is 21.6 Å². The van der Waals surface area contributed by atoms with Crippen molar-refractivity contribution >= 4 is 40.3 Å². The van der Waals surface area contributed by atoms with E-state index in [1.807, 2.05) is 64.9 Å². The molecule has 0 radical (unpaired) electrons. The van der Waals surface area contributed by atoms with Gasteiger partial charge in [-0.25, -0.2) is 0 Å². The maximum atomic E-state index is 13.7. The van der Waals surface area contributed by atoms with Gasteiger partial charge in [0.15, 0.2) is 10.9 Å². The molecule has 2 aromatic carbocycles. The molecular weight excluding hydrogens is 562 g/mol. The number of nitrogens with zero attached hydrogens (tertiary/aromatic N) is 3. The molecule has 4 aliphatic rings. The van der Waals surface area contributed by atoms with Gasteiger partial charge in [0.2, 0.25) is 0 Å². The summed E-state index contributed by atoms with van der Waals surface area (Å²) < 4.78 is 13.7. The average Bonchev–Trinajstić information content (AvgIpc) is 3.46. The van der Waals surface area contributed by atoms with Crippen molar-refractivity contribution in [3.05, 3.63) is 87.8 Å². The van der Waals surface area contributed by atoms with Gasteiger partial charge in [0.05, 0.1) is 24.6 Å². The molecule has 5 heterocycles. The Morgan fingerprint density at radius 3 is 2.49 bits per heavy atom. The molecule has 2 N–H and O–H groups in total. The molecule has 3 aromatic rings. The van der Waals surface area contributed by atoms with Crippen LogP contribution < -0.4 is 21.1 Å². The van der Waals surface area contributed by atoms with E-state index in [0.717, 1.165) is 48.8 Å². The number of carbonyl (C=O) groups excluding carboxylic acids is 1. The Hall–Kier alpha value is -3.73. The number of hydrogen-bond donors (Lipinski definition) is 2. The van der Waals surface area contributed by atoms with Crippen molar-refractivity contribution in [2.45, 2.75) is 44.4 Å². The summed E-state index contributed by atoms with van der Waals surface area (Å²) in [7, 11) is 0. The van der Waals surface area contributed by atoms with E-state index < -0.39 is 5.79 Å². The standard InChI is InChI=1S/C33H37N5O4S/c1-22-5-8-26(9-6-22)34-32(43)35-27-18-24(31(40)36-13-11-33(12-14-36)41-15-16-42-33)7-10-29(27)37-19-23-17-25(21-37)28-3-2-4-30(39)38(28)20-23/h2-10,18,23,25H,11-17,19-21H2,1H3,(H2,34,35,43)/t23-,25+/m1/s1. The number of aryl methyl sites for hydroxylation is 1. The highest BCUT2D eigenvalue weighted by Gasteiger charge is 2.41. The molecule has 1 spiro atoms. The maximum Gasteiger partial charge on any atom is 0.253 e. The minimum absolute atomic E-state index is 0.0105. The van der Waals surface area contributed by atoms with Gasteiger partial charge in [0.25, 0.3) is 11.5 Å². The maximum absolute atomic E-state index is 13.7. The van der Waals surface area contributed by atoms with Crippen molar-refractivity contribution in [1.82, 2.24) is 9.47 Å². The van der Waals surface area contributed by atoms with Crippen LogP contribution in [0, 0.1) is 12.8 Å². The summed E-state index contributed by atoms with van der Waals surface area (Å²) in [5.41, 5.74) is 5.64. The Kier molecular flexibility index (Phi) is 7.44. The third-order valence-corrected chi connectivity index (χ3v) is 9.45. The van der Waals surface area contributed by atoms with E-state index in [1.165, 1.54) is 5.56 Å². The second kappa shape index (κ2) is 11.4. The zero-order valence-corrected chi connectivity index (χ0v) is 25.2. The van der Waals surface area contributed by atoms with Crippen LogP contribution in [0.1, 0.15) is 46.8 Å². The van der Waals surface area contributed by atoms with Gasteiger partial charge in [0.1, 0.15) is 0 Å². The summed E-state index contributed by atoms with van der Waals surface area (Å²) in [4.78, 5) is 30.5. The monoisotopic (exact) mass is 599 g/mol. The van der Waals surface area contributed by atoms with Crippen molar-refractivity contribution < 1.29 is 14.3 Å². The molecule has 224 valence electrons. The van der Waals surface area contributed by atoms with Crippen molar-refractivity contribution in [3.8, 4) is 0 Å². The molecule has 9 nitrogen and oxygen atoms in total. The van der Waals surface area contributed by atoms with Crippen LogP contribution in [0.15, 0.2) is 65.5 Å². The second-order valence-electron chi connectivity index (χ2n) is 12.2. The molecule has 2 bridgehead atoms. The van der Waals surface area contributed by atoms with Crippen LogP contribution in [0.2, 0.25) is 0 Å². The van der Waals surface area contributed by atoms with Gasteiger partial charge in [-0.15, -0.1) is 0 Å². The molecule has 0 saturated carbocycles. The highest BCUT2D eigenvalue weighted by molar-refractivity contribution is 7.80. The van der Waals surface area contributed by atoms with Gasteiger partial charge in [-0.05, 0) is 67.9 Å². The first-order chi connectivity index (χ1) is 20.9. The Morgan fingerprint density at radius 1 is 0.953 bits per heavy atom. The lowest BCUT2D eigenvalue weighted by atomic mass is 9.83. The Bertz CT molecular complexity index is 1590. The van der Waals surface area contributed by atoms with Crippen molar-refractivity contribution in [2.75, 3.05) is 54.9 Å². The second-order valence-corrected chi connectivity index (χ2v) is 12.6. The Labute approximate surface area is 256 Å². The van der Waals surface area contributed by atoms with Crippen LogP contribution in [0.3, 0.4) is 0 Å². The number of nitrogens with one attached hydrogen (secondary N) is 2. The highest BCUT2D eigenvalue weighted by atomic mass is 32.1. The van der Waals surface area contributed by atoms with Crippen LogP contribution in [0.4, 0.5) is 17.1 Å². The van der Waals surface area contributed by atoms with E-state index >= 15 is 0 Å². The Balaban J connectivity index is 1.15. The smallest absolute Gasteiger partial charge is 0.253 e. The number of benzene rings is 2. The normalized spacial score (nSPS) is 22.3. The molecule has 10 heteroatoms. The Morgan fingerprint density at radius 2 is 1.72 bits per heavy atom. The third kappa shape index (κ3) is 5.67. The predicted molar refractivity (Wildman–Crippen MR) is 171 cm³/mol. The molecule has 7 rings (SSSR count). The SMILES string of the molecule is Cc1ccc(NC(=S)Nc2cc(C(=O)N3CCC4(CC3)OCCO4)ccc2N2C[C@H]3C[C@@H](C2)c2cccc(=O)n2C3)cc1. The minimum atomic E-state index is -0.530. The number of piperidine rings is 2. The van der Waals surface area contributed by atoms with Gasteiger partial charge in [-0.2, -0.15) is 0 Å². The first kappa shape index (κ1) is 28.1. The largest absolute Gasteiger partial charge is 0.369 e. The molecule has 4 aliphatic heterocycles. The van der Waals surface area contributed by atoms with Crippen LogP contribution in [-0.4, -0.2) is 65.7 Å². The number of aromatic nitrogens is 1. The number of likely N-dealkylation sites (tertiary alicyclic amines) is 1. The lowest BCUT2D eigenvalue weighted by Crippen LogP contribution is -2.47. The summed E-state index contributed by atoms with van der Waals surface area (Å²) in [6.07, 6.45) is 2.41. The summed E-state index contributed by atoms with van der Waals surface area (Å²) >= 11 is 5.75. The number of ether oxygens (including phenoxy) is 2. The molecule has 3 saturated heterocycles. The number of fused-ring (bicyclic) bond motifs is 4. The first-order valence-corrected chi connectivity index (χ1v) is 15.6. The van der Waals surface area contributed by atoms with Gasteiger partial charge in [-0.1, -0.05) is 23.8 Å². The lowest BCUT2D eigenvalue weighted by molar-refractivity contribution is -0.181. The van der Waals surface area contributed by atoms with E-state index in [-0.39, 0.29) is 17.4 Å². The predicted octanol–water partition coefficient (Wildman–Crippen LogP) is 4.57. The summed E-state index contributed by atoms with van der Waals surface area (Å²) in [5.74, 6) is 0.0773. The van der Waals surface area contributed by atoms with Crippen LogP contribution in [0.25, 0.3) is 0 Å². The van der Waals surface area contributed by atoms with E-state index in [9.17, 15) is 9.59 Å². The molecule has 1 amide bonds. The number of rotatable bonds is 4. The number of carbonyl (C=O) groups is 1. The number of thiocarbonyl (C=S) groups is 1. The molecule has 1 aromatic heterocycles. The summed E-state index contributed by atoms with van der Waals surface area (Å²) in [6.45, 7) is 6.78. The topological polar surface area (TPSA) is 88.1 Å².